The average molecular weight is 251 g/mol. The molecule has 1 saturated heterocycles. The van der Waals surface area contributed by atoms with E-state index in [1.807, 2.05) is 29.3 Å². The zero-order chi connectivity index (χ0) is 11.9. The molecular weight excluding hydrogens is 238 g/mol. The van der Waals surface area contributed by atoms with Crippen LogP contribution >= 0.6 is 0 Å². The maximum atomic E-state index is 11.3. The first kappa shape index (κ1) is 10.6. The fourth-order valence-electron chi connectivity index (χ4n) is 2.04. The fourth-order valence-corrected chi connectivity index (χ4v) is 3.24. The third-order valence-corrected chi connectivity index (χ3v) is 4.67. The SMILES string of the molecule is O=S1(=O)CCN(c2ccc3cc[nH]c3n2)CC1. The first-order valence-corrected chi connectivity index (χ1v) is 7.36. The number of H-pyrrole nitrogens is 1. The molecule has 0 spiro atoms. The highest BCUT2D eigenvalue weighted by molar-refractivity contribution is 7.91. The number of hydrogen-bond acceptors (Lipinski definition) is 4. The topological polar surface area (TPSA) is 66.1 Å². The van der Waals surface area contributed by atoms with Gasteiger partial charge in [-0.15, -0.1) is 0 Å². The van der Waals surface area contributed by atoms with Crippen molar-refractivity contribution in [2.45, 2.75) is 0 Å². The van der Waals surface area contributed by atoms with Gasteiger partial charge in [-0.2, -0.15) is 0 Å². The number of hydrogen-bond donors (Lipinski definition) is 1. The van der Waals surface area contributed by atoms with Crippen molar-refractivity contribution in [2.24, 2.45) is 0 Å². The minimum absolute atomic E-state index is 0.220. The second kappa shape index (κ2) is 3.73. The normalized spacial score (nSPS) is 19.6. The van der Waals surface area contributed by atoms with Crippen molar-refractivity contribution in [3.63, 3.8) is 0 Å². The molecule has 17 heavy (non-hydrogen) atoms. The Morgan fingerprint density at radius 3 is 2.71 bits per heavy atom. The Hall–Kier alpha value is -1.56. The van der Waals surface area contributed by atoms with Crippen molar-refractivity contribution in [1.29, 1.82) is 0 Å². The van der Waals surface area contributed by atoms with Gasteiger partial charge in [0.1, 0.15) is 11.5 Å². The molecule has 2 aromatic rings. The van der Waals surface area contributed by atoms with Crippen molar-refractivity contribution < 1.29 is 8.42 Å². The number of nitrogens with zero attached hydrogens (tertiary/aromatic N) is 2. The molecule has 1 aliphatic rings. The maximum absolute atomic E-state index is 11.3. The summed E-state index contributed by atoms with van der Waals surface area (Å²) >= 11 is 0. The lowest BCUT2D eigenvalue weighted by Gasteiger charge is -2.27. The molecular formula is C11H13N3O2S. The van der Waals surface area contributed by atoms with Crippen LogP contribution in [0.1, 0.15) is 0 Å². The van der Waals surface area contributed by atoms with E-state index < -0.39 is 9.84 Å². The lowest BCUT2D eigenvalue weighted by Crippen LogP contribution is -2.40. The summed E-state index contributed by atoms with van der Waals surface area (Å²) < 4.78 is 22.7. The lowest BCUT2D eigenvalue weighted by atomic mass is 10.3. The van der Waals surface area contributed by atoms with Gasteiger partial charge in [-0.1, -0.05) is 0 Å². The van der Waals surface area contributed by atoms with Crippen LogP contribution in [0.5, 0.6) is 0 Å². The van der Waals surface area contributed by atoms with E-state index in [4.69, 9.17) is 0 Å². The summed E-state index contributed by atoms with van der Waals surface area (Å²) in [6.07, 6.45) is 1.85. The third-order valence-electron chi connectivity index (χ3n) is 3.06. The molecule has 0 unspecified atom stereocenters. The van der Waals surface area contributed by atoms with Gasteiger partial charge in [0.15, 0.2) is 9.84 Å². The van der Waals surface area contributed by atoms with Crippen LogP contribution in [0.2, 0.25) is 0 Å². The monoisotopic (exact) mass is 251 g/mol. The van der Waals surface area contributed by atoms with Crippen LogP contribution in [0.25, 0.3) is 11.0 Å². The average Bonchev–Trinajstić information content (AvgIpc) is 2.76. The van der Waals surface area contributed by atoms with E-state index in [2.05, 4.69) is 9.97 Å². The molecule has 2 aromatic heterocycles. The summed E-state index contributed by atoms with van der Waals surface area (Å²) in [5.41, 5.74) is 0.843. The quantitative estimate of drug-likeness (QED) is 0.814. The molecule has 0 radical (unpaired) electrons. The van der Waals surface area contributed by atoms with E-state index >= 15 is 0 Å². The highest BCUT2D eigenvalue weighted by Crippen LogP contribution is 2.18. The molecule has 0 amide bonds. The molecule has 1 N–H and O–H groups in total. The van der Waals surface area contributed by atoms with Crippen LogP contribution in [0, 0.1) is 0 Å². The van der Waals surface area contributed by atoms with E-state index in [-0.39, 0.29) is 11.5 Å². The van der Waals surface area contributed by atoms with Gasteiger partial charge in [-0.25, -0.2) is 13.4 Å². The predicted molar refractivity (Wildman–Crippen MR) is 67.0 cm³/mol. The van der Waals surface area contributed by atoms with Crippen LogP contribution in [0.4, 0.5) is 5.82 Å². The number of rotatable bonds is 1. The lowest BCUT2D eigenvalue weighted by molar-refractivity contribution is 0.586. The first-order chi connectivity index (χ1) is 8.14. The van der Waals surface area contributed by atoms with Crippen LogP contribution in [-0.4, -0.2) is 43.0 Å². The number of sulfone groups is 1. The number of aromatic nitrogens is 2. The second-order valence-corrected chi connectivity index (χ2v) is 6.53. The predicted octanol–water partition coefficient (Wildman–Crippen LogP) is 0.798. The van der Waals surface area contributed by atoms with Crippen molar-refractivity contribution >= 4 is 26.7 Å². The van der Waals surface area contributed by atoms with E-state index in [0.717, 1.165) is 16.9 Å². The van der Waals surface area contributed by atoms with Crippen molar-refractivity contribution in [1.82, 2.24) is 9.97 Å². The highest BCUT2D eigenvalue weighted by atomic mass is 32.2. The summed E-state index contributed by atoms with van der Waals surface area (Å²) in [5, 5.41) is 1.07. The van der Waals surface area contributed by atoms with Gasteiger partial charge in [-0.05, 0) is 18.2 Å². The molecule has 0 bridgehead atoms. The summed E-state index contributed by atoms with van der Waals surface area (Å²) in [7, 11) is -2.83. The molecule has 3 rings (SSSR count). The maximum Gasteiger partial charge on any atom is 0.153 e. The summed E-state index contributed by atoms with van der Waals surface area (Å²) in [6, 6.07) is 5.90. The van der Waals surface area contributed by atoms with E-state index in [1.165, 1.54) is 0 Å². The largest absolute Gasteiger partial charge is 0.355 e. The van der Waals surface area contributed by atoms with Gasteiger partial charge in [-0.3, -0.25) is 0 Å². The van der Waals surface area contributed by atoms with Gasteiger partial charge in [0.25, 0.3) is 0 Å². The Labute approximate surface area is 99.4 Å². The molecule has 3 heterocycles. The van der Waals surface area contributed by atoms with E-state index in [1.54, 1.807) is 0 Å². The van der Waals surface area contributed by atoms with Crippen molar-refractivity contribution in [2.75, 3.05) is 29.5 Å². The minimum Gasteiger partial charge on any atom is -0.355 e. The van der Waals surface area contributed by atoms with Gasteiger partial charge in [0.05, 0.1) is 11.5 Å². The van der Waals surface area contributed by atoms with Crippen LogP contribution in [0.3, 0.4) is 0 Å². The Morgan fingerprint density at radius 2 is 1.94 bits per heavy atom. The fraction of sp³-hybridized carbons (Fsp3) is 0.364. The minimum atomic E-state index is -2.83. The second-order valence-electron chi connectivity index (χ2n) is 4.22. The first-order valence-electron chi connectivity index (χ1n) is 5.54. The molecule has 1 aliphatic heterocycles. The van der Waals surface area contributed by atoms with E-state index in [0.29, 0.717) is 13.1 Å². The Bertz CT molecular complexity index is 634. The molecule has 1 fully saturated rings. The van der Waals surface area contributed by atoms with Gasteiger partial charge in [0, 0.05) is 24.7 Å². The molecule has 0 saturated carbocycles. The van der Waals surface area contributed by atoms with Crippen LogP contribution in [0.15, 0.2) is 24.4 Å². The molecule has 0 atom stereocenters. The smallest absolute Gasteiger partial charge is 0.153 e. The number of pyridine rings is 1. The van der Waals surface area contributed by atoms with Crippen molar-refractivity contribution in [3.8, 4) is 0 Å². The standard InChI is InChI=1S/C11H13N3O2S/c15-17(16)7-5-14(6-8-17)10-2-1-9-3-4-12-11(9)13-10/h1-4H,5-8H2,(H,12,13). The molecule has 0 aliphatic carbocycles. The Balaban J connectivity index is 1.89. The number of nitrogens with one attached hydrogen (secondary N) is 1. The summed E-state index contributed by atoms with van der Waals surface area (Å²) in [5.74, 6) is 1.28. The number of anilines is 1. The molecule has 90 valence electrons. The Morgan fingerprint density at radius 1 is 1.18 bits per heavy atom. The van der Waals surface area contributed by atoms with Gasteiger partial charge in [0.2, 0.25) is 0 Å². The third kappa shape index (κ3) is 2.00. The zero-order valence-electron chi connectivity index (χ0n) is 9.26. The number of aromatic amines is 1. The van der Waals surface area contributed by atoms with Crippen molar-refractivity contribution in [3.05, 3.63) is 24.4 Å². The van der Waals surface area contributed by atoms with Gasteiger partial charge < -0.3 is 9.88 Å². The summed E-state index contributed by atoms with van der Waals surface area (Å²) in [4.78, 5) is 9.56. The molecule has 0 aromatic carbocycles. The highest BCUT2D eigenvalue weighted by Gasteiger charge is 2.22. The molecule has 6 heteroatoms. The van der Waals surface area contributed by atoms with Gasteiger partial charge >= 0.3 is 0 Å². The Kier molecular flexibility index (Phi) is 2.32. The van der Waals surface area contributed by atoms with E-state index in [9.17, 15) is 8.42 Å². The zero-order valence-corrected chi connectivity index (χ0v) is 10.1. The number of fused-ring (bicyclic) bond motifs is 1. The van der Waals surface area contributed by atoms with Crippen LogP contribution < -0.4 is 4.90 Å². The summed E-state index contributed by atoms with van der Waals surface area (Å²) in [6.45, 7) is 1.06. The van der Waals surface area contributed by atoms with Crippen LogP contribution in [-0.2, 0) is 9.84 Å². The molecule has 5 nitrogen and oxygen atoms in total.